The molecular weight excluding hydrogens is 326 g/mol. The first-order chi connectivity index (χ1) is 7.06. The molecule has 15 heavy (non-hydrogen) atoms. The Morgan fingerprint density at radius 2 is 2.00 bits per heavy atom. The SMILES string of the molecule is Nc1ccc(C(O)C(O)CCBr)cc1Br. The monoisotopic (exact) mass is 337 g/mol. The van der Waals surface area contributed by atoms with E-state index in [1.54, 1.807) is 18.2 Å². The molecule has 0 saturated carbocycles. The van der Waals surface area contributed by atoms with Gasteiger partial charge in [-0.05, 0) is 40.0 Å². The summed E-state index contributed by atoms with van der Waals surface area (Å²) < 4.78 is 0.727. The van der Waals surface area contributed by atoms with Crippen molar-refractivity contribution in [1.29, 1.82) is 0 Å². The van der Waals surface area contributed by atoms with Gasteiger partial charge in [-0.25, -0.2) is 0 Å². The Balaban J connectivity index is 2.81. The van der Waals surface area contributed by atoms with Gasteiger partial charge in [-0.3, -0.25) is 0 Å². The predicted molar refractivity (Wildman–Crippen MR) is 67.9 cm³/mol. The zero-order valence-electron chi connectivity index (χ0n) is 8.03. The Morgan fingerprint density at radius 3 is 2.53 bits per heavy atom. The van der Waals surface area contributed by atoms with E-state index in [4.69, 9.17) is 5.73 Å². The first-order valence-corrected chi connectivity index (χ1v) is 6.44. The van der Waals surface area contributed by atoms with Crippen LogP contribution in [0.2, 0.25) is 0 Å². The van der Waals surface area contributed by atoms with E-state index in [1.165, 1.54) is 0 Å². The molecule has 4 N–H and O–H groups in total. The molecule has 2 atom stereocenters. The standard InChI is InChI=1S/C10H13Br2NO2/c11-4-3-9(14)10(15)6-1-2-8(13)7(12)5-6/h1-2,5,9-10,14-15H,3-4,13H2. The van der Waals surface area contributed by atoms with Gasteiger partial charge in [0.2, 0.25) is 0 Å². The molecule has 0 radical (unpaired) electrons. The third kappa shape index (κ3) is 3.45. The van der Waals surface area contributed by atoms with Gasteiger partial charge in [0.25, 0.3) is 0 Å². The first-order valence-electron chi connectivity index (χ1n) is 4.53. The maximum absolute atomic E-state index is 9.80. The van der Waals surface area contributed by atoms with Crippen molar-refractivity contribution in [3.05, 3.63) is 28.2 Å². The quantitative estimate of drug-likeness (QED) is 0.582. The summed E-state index contributed by atoms with van der Waals surface area (Å²) in [5.74, 6) is 0. The maximum Gasteiger partial charge on any atom is 0.105 e. The summed E-state index contributed by atoms with van der Waals surface area (Å²) in [7, 11) is 0. The highest BCUT2D eigenvalue weighted by atomic mass is 79.9. The molecule has 0 aliphatic heterocycles. The number of nitrogen functional groups attached to an aromatic ring is 1. The molecule has 1 rings (SSSR count). The molecule has 2 unspecified atom stereocenters. The highest BCUT2D eigenvalue weighted by Crippen LogP contribution is 2.26. The number of aliphatic hydroxyl groups excluding tert-OH is 2. The second kappa shape index (κ2) is 5.84. The Bertz CT molecular complexity index is 333. The normalized spacial score (nSPS) is 14.9. The fraction of sp³-hybridized carbons (Fsp3) is 0.400. The zero-order chi connectivity index (χ0) is 11.4. The number of hydrogen-bond acceptors (Lipinski definition) is 3. The van der Waals surface area contributed by atoms with Crippen molar-refractivity contribution in [2.24, 2.45) is 0 Å². The van der Waals surface area contributed by atoms with E-state index in [0.717, 1.165) is 4.47 Å². The van der Waals surface area contributed by atoms with Crippen molar-refractivity contribution in [3.63, 3.8) is 0 Å². The van der Waals surface area contributed by atoms with Crippen LogP contribution in [0.5, 0.6) is 0 Å². The Labute approximate surface area is 106 Å². The first kappa shape index (κ1) is 13.0. The summed E-state index contributed by atoms with van der Waals surface area (Å²) in [6.07, 6.45) is -1.14. The van der Waals surface area contributed by atoms with E-state index in [0.29, 0.717) is 23.0 Å². The van der Waals surface area contributed by atoms with Crippen LogP contribution in [-0.2, 0) is 0 Å². The summed E-state index contributed by atoms with van der Waals surface area (Å²) in [6.45, 7) is 0. The largest absolute Gasteiger partial charge is 0.398 e. The number of alkyl halides is 1. The van der Waals surface area contributed by atoms with Crippen LogP contribution < -0.4 is 5.73 Å². The Morgan fingerprint density at radius 1 is 1.33 bits per heavy atom. The van der Waals surface area contributed by atoms with E-state index >= 15 is 0 Å². The van der Waals surface area contributed by atoms with Gasteiger partial charge < -0.3 is 15.9 Å². The number of nitrogens with two attached hydrogens (primary N) is 1. The minimum Gasteiger partial charge on any atom is -0.398 e. The summed E-state index contributed by atoms with van der Waals surface area (Å²) in [4.78, 5) is 0. The number of benzene rings is 1. The fourth-order valence-electron chi connectivity index (χ4n) is 1.22. The number of halogens is 2. The van der Waals surface area contributed by atoms with Crippen molar-refractivity contribution in [3.8, 4) is 0 Å². The van der Waals surface area contributed by atoms with Crippen LogP contribution in [-0.4, -0.2) is 21.6 Å². The molecule has 0 amide bonds. The lowest BCUT2D eigenvalue weighted by Crippen LogP contribution is -2.18. The van der Waals surface area contributed by atoms with Crippen LogP contribution in [0.1, 0.15) is 18.1 Å². The molecule has 0 aliphatic rings. The van der Waals surface area contributed by atoms with Crippen molar-refractivity contribution >= 4 is 37.5 Å². The van der Waals surface area contributed by atoms with Crippen LogP contribution in [0.4, 0.5) is 5.69 Å². The van der Waals surface area contributed by atoms with E-state index < -0.39 is 12.2 Å². The molecule has 0 saturated heterocycles. The number of aliphatic hydroxyl groups is 2. The molecule has 84 valence electrons. The number of hydrogen-bond donors (Lipinski definition) is 3. The smallest absolute Gasteiger partial charge is 0.105 e. The second-order valence-corrected chi connectivity index (χ2v) is 4.92. The summed E-state index contributed by atoms with van der Waals surface area (Å²) in [6, 6.07) is 5.13. The van der Waals surface area contributed by atoms with Gasteiger partial charge in [0.1, 0.15) is 6.10 Å². The topological polar surface area (TPSA) is 66.5 Å². The lowest BCUT2D eigenvalue weighted by atomic mass is 10.0. The summed E-state index contributed by atoms with van der Waals surface area (Å²) in [5.41, 5.74) is 6.89. The molecular formula is C10H13Br2NO2. The van der Waals surface area contributed by atoms with Crippen LogP contribution >= 0.6 is 31.9 Å². The Hall–Kier alpha value is -0.100. The number of rotatable bonds is 4. The van der Waals surface area contributed by atoms with Gasteiger partial charge >= 0.3 is 0 Å². The third-order valence-corrected chi connectivity index (χ3v) is 3.28. The summed E-state index contributed by atoms with van der Waals surface area (Å²) in [5, 5.41) is 20.1. The summed E-state index contributed by atoms with van der Waals surface area (Å²) >= 11 is 6.49. The molecule has 1 aromatic rings. The van der Waals surface area contributed by atoms with Crippen molar-refractivity contribution in [2.75, 3.05) is 11.1 Å². The number of anilines is 1. The Kier molecular flexibility index (Phi) is 5.05. The van der Waals surface area contributed by atoms with E-state index in [2.05, 4.69) is 31.9 Å². The minimum atomic E-state index is -0.876. The van der Waals surface area contributed by atoms with Gasteiger partial charge in [0, 0.05) is 15.5 Å². The van der Waals surface area contributed by atoms with E-state index in [9.17, 15) is 10.2 Å². The predicted octanol–water partition coefficient (Wildman–Crippen LogP) is 2.21. The van der Waals surface area contributed by atoms with Crippen molar-refractivity contribution in [1.82, 2.24) is 0 Å². The minimum absolute atomic E-state index is 0.503. The van der Waals surface area contributed by atoms with Gasteiger partial charge in [-0.15, -0.1) is 0 Å². The lowest BCUT2D eigenvalue weighted by molar-refractivity contribution is 0.0173. The van der Waals surface area contributed by atoms with Gasteiger partial charge in [0.05, 0.1) is 6.10 Å². The fourth-order valence-corrected chi connectivity index (χ4v) is 2.08. The van der Waals surface area contributed by atoms with Gasteiger partial charge in [0.15, 0.2) is 0 Å². The molecule has 0 aromatic heterocycles. The van der Waals surface area contributed by atoms with Crippen LogP contribution in [0.15, 0.2) is 22.7 Å². The lowest BCUT2D eigenvalue weighted by Gasteiger charge is -2.17. The molecule has 0 heterocycles. The van der Waals surface area contributed by atoms with Crippen LogP contribution in [0.3, 0.4) is 0 Å². The van der Waals surface area contributed by atoms with Crippen LogP contribution in [0, 0.1) is 0 Å². The third-order valence-electron chi connectivity index (χ3n) is 2.14. The highest BCUT2D eigenvalue weighted by Gasteiger charge is 2.18. The highest BCUT2D eigenvalue weighted by molar-refractivity contribution is 9.10. The second-order valence-electron chi connectivity index (χ2n) is 3.27. The molecule has 3 nitrogen and oxygen atoms in total. The van der Waals surface area contributed by atoms with E-state index in [1.807, 2.05) is 0 Å². The van der Waals surface area contributed by atoms with Crippen LogP contribution in [0.25, 0.3) is 0 Å². The molecule has 0 bridgehead atoms. The molecule has 0 fully saturated rings. The van der Waals surface area contributed by atoms with E-state index in [-0.39, 0.29) is 0 Å². The van der Waals surface area contributed by atoms with Gasteiger partial charge in [-0.1, -0.05) is 22.0 Å². The van der Waals surface area contributed by atoms with Crippen molar-refractivity contribution < 1.29 is 10.2 Å². The average Bonchev–Trinajstić information content (AvgIpc) is 2.21. The molecule has 0 aliphatic carbocycles. The van der Waals surface area contributed by atoms with Gasteiger partial charge in [-0.2, -0.15) is 0 Å². The molecule has 1 aromatic carbocycles. The maximum atomic E-state index is 9.80. The average molecular weight is 339 g/mol. The molecule has 5 heteroatoms. The van der Waals surface area contributed by atoms with Crippen molar-refractivity contribution in [2.45, 2.75) is 18.6 Å². The zero-order valence-corrected chi connectivity index (χ0v) is 11.2. The molecule has 0 spiro atoms.